The number of amides is 1. The van der Waals surface area contributed by atoms with Crippen LogP contribution < -0.4 is 4.74 Å². The molecule has 1 amide bonds. The molecule has 0 N–H and O–H groups in total. The Bertz CT molecular complexity index is 1160. The number of carbonyl (C=O) groups is 1. The fourth-order valence-electron chi connectivity index (χ4n) is 5.10. The molecule has 3 aromatic carbocycles. The number of likely N-dealkylation sites (tertiary alicyclic amines) is 1. The summed E-state index contributed by atoms with van der Waals surface area (Å²) in [6.45, 7) is 2.42. The molecule has 3 aromatic rings. The van der Waals surface area contributed by atoms with E-state index >= 15 is 0 Å². The largest absolute Gasteiger partial charge is 0.497 e. The van der Waals surface area contributed by atoms with Gasteiger partial charge in [-0.25, -0.2) is 5.01 Å². The number of carbonyl (C=O) groups excluding carboxylic acids is 1. The molecular formula is C29H33N3O2. The van der Waals surface area contributed by atoms with Gasteiger partial charge in [-0.15, -0.1) is 0 Å². The predicted octanol–water partition coefficient (Wildman–Crippen LogP) is 5.79. The Labute approximate surface area is 202 Å². The van der Waals surface area contributed by atoms with Crippen LogP contribution >= 0.6 is 0 Å². The van der Waals surface area contributed by atoms with Crippen molar-refractivity contribution < 1.29 is 9.53 Å². The minimum Gasteiger partial charge on any atom is -0.497 e. The Hall–Kier alpha value is -3.18. The van der Waals surface area contributed by atoms with Gasteiger partial charge in [0, 0.05) is 6.42 Å². The number of methoxy groups -OCH3 is 1. The highest BCUT2D eigenvalue weighted by Crippen LogP contribution is 2.34. The zero-order valence-corrected chi connectivity index (χ0v) is 20.0. The van der Waals surface area contributed by atoms with Crippen molar-refractivity contribution in [3.05, 3.63) is 77.9 Å². The van der Waals surface area contributed by atoms with Crippen molar-refractivity contribution in [1.29, 1.82) is 0 Å². The standard InChI is InChI=1S/C29H33N3O2/c1-34-26-15-13-23(14-16-26)28-20-27(25-12-11-22-9-5-6-10-24(22)19-25)30-32(28)29(33)21-31-17-7-3-2-4-8-18-31/h5-6,9-16,19,28H,2-4,7-8,17-18,20-21H2,1H3. The number of hydrazone groups is 1. The highest BCUT2D eigenvalue weighted by atomic mass is 16.5. The first-order chi connectivity index (χ1) is 16.7. The van der Waals surface area contributed by atoms with Gasteiger partial charge in [-0.05, 0) is 66.0 Å². The van der Waals surface area contributed by atoms with Gasteiger partial charge in [0.05, 0.1) is 25.4 Å². The van der Waals surface area contributed by atoms with Crippen LogP contribution in [0.25, 0.3) is 10.8 Å². The lowest BCUT2D eigenvalue weighted by Crippen LogP contribution is -2.39. The van der Waals surface area contributed by atoms with Crippen LogP contribution in [-0.2, 0) is 4.79 Å². The van der Waals surface area contributed by atoms with E-state index in [1.807, 2.05) is 12.1 Å². The van der Waals surface area contributed by atoms with E-state index in [1.165, 1.54) is 42.9 Å². The van der Waals surface area contributed by atoms with Crippen molar-refractivity contribution in [3.8, 4) is 5.75 Å². The summed E-state index contributed by atoms with van der Waals surface area (Å²) in [5.41, 5.74) is 3.13. The van der Waals surface area contributed by atoms with Crippen LogP contribution in [0.15, 0.2) is 71.8 Å². The van der Waals surface area contributed by atoms with Crippen molar-refractivity contribution in [2.24, 2.45) is 5.10 Å². The van der Waals surface area contributed by atoms with Crippen LogP contribution in [0.2, 0.25) is 0 Å². The van der Waals surface area contributed by atoms with Crippen molar-refractivity contribution in [2.75, 3.05) is 26.7 Å². The highest BCUT2D eigenvalue weighted by Gasteiger charge is 2.33. The van der Waals surface area contributed by atoms with Gasteiger partial charge in [0.1, 0.15) is 5.75 Å². The molecule has 176 valence electrons. The van der Waals surface area contributed by atoms with Gasteiger partial charge in [-0.2, -0.15) is 5.10 Å². The Morgan fingerprint density at radius 3 is 2.35 bits per heavy atom. The lowest BCUT2D eigenvalue weighted by Gasteiger charge is -2.28. The topological polar surface area (TPSA) is 45.1 Å². The molecule has 5 nitrogen and oxygen atoms in total. The molecule has 2 aliphatic heterocycles. The number of fused-ring (bicyclic) bond motifs is 1. The van der Waals surface area contributed by atoms with E-state index in [9.17, 15) is 4.79 Å². The van der Waals surface area contributed by atoms with Gasteiger partial charge in [0.15, 0.2) is 0 Å². The van der Waals surface area contributed by atoms with Gasteiger partial charge < -0.3 is 4.74 Å². The minimum absolute atomic E-state index is 0.0807. The fraction of sp³-hybridized carbons (Fsp3) is 0.379. The second-order valence-electron chi connectivity index (χ2n) is 9.38. The number of hydrogen-bond donors (Lipinski definition) is 0. The van der Waals surface area contributed by atoms with Crippen molar-refractivity contribution in [2.45, 2.75) is 44.6 Å². The van der Waals surface area contributed by atoms with E-state index in [1.54, 1.807) is 12.1 Å². The Kier molecular flexibility index (Phi) is 6.91. The average Bonchev–Trinajstić information content (AvgIpc) is 3.31. The Morgan fingerprint density at radius 1 is 0.912 bits per heavy atom. The van der Waals surface area contributed by atoms with Crippen molar-refractivity contribution in [1.82, 2.24) is 9.91 Å². The number of hydrogen-bond acceptors (Lipinski definition) is 4. The van der Waals surface area contributed by atoms with Gasteiger partial charge in [0.2, 0.25) is 0 Å². The monoisotopic (exact) mass is 455 g/mol. The Balaban J connectivity index is 1.42. The summed E-state index contributed by atoms with van der Waals surface area (Å²) in [5.74, 6) is 0.896. The summed E-state index contributed by atoms with van der Waals surface area (Å²) in [5, 5.41) is 9.06. The van der Waals surface area contributed by atoms with Crippen molar-refractivity contribution >= 4 is 22.4 Å². The van der Waals surface area contributed by atoms with Crippen LogP contribution in [0.1, 0.15) is 55.7 Å². The maximum Gasteiger partial charge on any atom is 0.257 e. The molecule has 0 aliphatic carbocycles. The van der Waals surface area contributed by atoms with Crippen LogP contribution in [0, 0.1) is 0 Å². The smallest absolute Gasteiger partial charge is 0.257 e. The molecule has 5 heteroatoms. The third-order valence-electron chi connectivity index (χ3n) is 7.06. The molecule has 0 radical (unpaired) electrons. The zero-order chi connectivity index (χ0) is 23.3. The maximum absolute atomic E-state index is 13.6. The zero-order valence-electron chi connectivity index (χ0n) is 20.0. The van der Waals surface area contributed by atoms with E-state index < -0.39 is 0 Å². The number of nitrogens with zero attached hydrogens (tertiary/aromatic N) is 3. The lowest BCUT2D eigenvalue weighted by molar-refractivity contribution is -0.134. The third kappa shape index (κ3) is 5.00. The number of benzene rings is 3. The number of ether oxygens (including phenoxy) is 1. The third-order valence-corrected chi connectivity index (χ3v) is 7.06. The highest BCUT2D eigenvalue weighted by molar-refractivity contribution is 6.05. The molecule has 1 fully saturated rings. The van der Waals surface area contributed by atoms with E-state index in [-0.39, 0.29) is 11.9 Å². The Morgan fingerprint density at radius 2 is 1.62 bits per heavy atom. The predicted molar refractivity (Wildman–Crippen MR) is 137 cm³/mol. The molecule has 5 rings (SSSR count). The summed E-state index contributed by atoms with van der Waals surface area (Å²) >= 11 is 0. The molecule has 2 aliphatic rings. The molecule has 0 aromatic heterocycles. The summed E-state index contributed by atoms with van der Waals surface area (Å²) in [7, 11) is 1.67. The molecule has 2 heterocycles. The first-order valence-electron chi connectivity index (χ1n) is 12.5. The van der Waals surface area contributed by atoms with Crippen molar-refractivity contribution in [3.63, 3.8) is 0 Å². The quantitative estimate of drug-likeness (QED) is 0.489. The maximum atomic E-state index is 13.6. The van der Waals surface area contributed by atoms with E-state index in [0.29, 0.717) is 13.0 Å². The second-order valence-corrected chi connectivity index (χ2v) is 9.38. The van der Waals surface area contributed by atoms with E-state index in [2.05, 4.69) is 59.5 Å². The number of rotatable bonds is 5. The second kappa shape index (κ2) is 10.4. The van der Waals surface area contributed by atoms with Crippen LogP contribution in [0.4, 0.5) is 0 Å². The minimum atomic E-state index is -0.102. The molecular weight excluding hydrogens is 422 g/mol. The van der Waals surface area contributed by atoms with Crippen LogP contribution in [0.5, 0.6) is 5.75 Å². The molecule has 0 saturated carbocycles. The SMILES string of the molecule is COc1ccc(C2CC(c3ccc4ccccc4c3)=NN2C(=O)CN2CCCCCCC2)cc1. The van der Waals surface area contributed by atoms with E-state index in [0.717, 1.165) is 35.7 Å². The first kappa shape index (κ1) is 22.6. The van der Waals surface area contributed by atoms with Gasteiger partial charge in [-0.1, -0.05) is 67.8 Å². The molecule has 34 heavy (non-hydrogen) atoms. The summed E-state index contributed by atoms with van der Waals surface area (Å²) in [6, 6.07) is 22.7. The summed E-state index contributed by atoms with van der Waals surface area (Å²) < 4.78 is 5.34. The molecule has 0 bridgehead atoms. The summed E-state index contributed by atoms with van der Waals surface area (Å²) in [4.78, 5) is 15.9. The molecule has 1 atom stereocenters. The van der Waals surface area contributed by atoms with Crippen LogP contribution in [-0.4, -0.2) is 48.3 Å². The van der Waals surface area contributed by atoms with Gasteiger partial charge >= 0.3 is 0 Å². The fourth-order valence-corrected chi connectivity index (χ4v) is 5.10. The summed E-state index contributed by atoms with van der Waals surface area (Å²) in [6.07, 6.45) is 6.87. The van der Waals surface area contributed by atoms with Gasteiger partial charge in [-0.3, -0.25) is 9.69 Å². The molecule has 1 unspecified atom stereocenters. The molecule has 0 spiro atoms. The lowest BCUT2D eigenvalue weighted by atomic mass is 9.97. The van der Waals surface area contributed by atoms with Crippen LogP contribution in [0.3, 0.4) is 0 Å². The first-order valence-corrected chi connectivity index (χ1v) is 12.5. The van der Waals surface area contributed by atoms with Gasteiger partial charge in [0.25, 0.3) is 5.91 Å². The van der Waals surface area contributed by atoms with E-state index in [4.69, 9.17) is 9.84 Å². The normalized spacial score (nSPS) is 19.5. The molecule has 1 saturated heterocycles. The average molecular weight is 456 g/mol.